The van der Waals surface area contributed by atoms with Gasteiger partial charge in [0.25, 0.3) is 0 Å². The highest BCUT2D eigenvalue weighted by atomic mass is 16.3. The summed E-state index contributed by atoms with van der Waals surface area (Å²) in [6, 6.07) is 40.7. The van der Waals surface area contributed by atoms with Gasteiger partial charge in [-0.15, -0.1) is 0 Å². The van der Waals surface area contributed by atoms with Crippen molar-refractivity contribution in [2.75, 3.05) is 6.54 Å². The summed E-state index contributed by atoms with van der Waals surface area (Å²) in [5.74, 6) is 0. The molecule has 0 amide bonds. The molecule has 0 aliphatic heterocycles. The predicted octanol–water partition coefficient (Wildman–Crippen LogP) is 7.00. The SMILES string of the molecule is Cc1ccc([NH2+]CC(O)Cn2c(-c3ccccc3)c(-c3ccccc3)c3ccc4ccccc4c32)c(C)c1. The van der Waals surface area contributed by atoms with E-state index < -0.39 is 6.10 Å². The Morgan fingerprint density at radius 2 is 1.39 bits per heavy atom. The average molecular weight is 498 g/mol. The zero-order chi connectivity index (χ0) is 26.1. The van der Waals surface area contributed by atoms with E-state index in [1.165, 1.54) is 49.6 Å². The van der Waals surface area contributed by atoms with Crippen LogP contribution in [0.3, 0.4) is 0 Å². The molecule has 0 radical (unpaired) electrons. The molecule has 188 valence electrons. The van der Waals surface area contributed by atoms with Gasteiger partial charge in [0.05, 0.1) is 17.8 Å². The number of fused-ring (bicyclic) bond motifs is 3. The first-order valence-corrected chi connectivity index (χ1v) is 13.3. The lowest BCUT2D eigenvalue weighted by atomic mass is 9.97. The van der Waals surface area contributed by atoms with Crippen LogP contribution in [-0.2, 0) is 6.54 Å². The third-order valence-electron chi connectivity index (χ3n) is 7.48. The van der Waals surface area contributed by atoms with Gasteiger partial charge < -0.3 is 15.0 Å². The number of aliphatic hydroxyl groups excluding tert-OH is 1. The van der Waals surface area contributed by atoms with Crippen LogP contribution in [0.1, 0.15) is 11.1 Å². The number of nitrogens with zero attached hydrogens (tertiary/aromatic N) is 1. The van der Waals surface area contributed by atoms with Gasteiger partial charge in [-0.25, -0.2) is 0 Å². The molecule has 38 heavy (non-hydrogen) atoms. The van der Waals surface area contributed by atoms with E-state index in [2.05, 4.69) is 139 Å². The molecule has 1 atom stereocenters. The second-order valence-electron chi connectivity index (χ2n) is 10.2. The van der Waals surface area contributed by atoms with Gasteiger partial charge in [0.1, 0.15) is 18.3 Å². The zero-order valence-electron chi connectivity index (χ0n) is 21.9. The second-order valence-corrected chi connectivity index (χ2v) is 10.2. The van der Waals surface area contributed by atoms with E-state index >= 15 is 0 Å². The highest BCUT2D eigenvalue weighted by molar-refractivity contribution is 6.15. The first-order chi connectivity index (χ1) is 18.6. The number of aromatic nitrogens is 1. The molecule has 3 N–H and O–H groups in total. The maximum absolute atomic E-state index is 11.4. The Hall–Kier alpha value is -4.18. The van der Waals surface area contributed by atoms with Crippen molar-refractivity contribution in [2.24, 2.45) is 0 Å². The molecular weight excluding hydrogens is 464 g/mol. The fraction of sp³-hybridized carbons (Fsp3) is 0.143. The van der Waals surface area contributed by atoms with E-state index in [9.17, 15) is 5.11 Å². The summed E-state index contributed by atoms with van der Waals surface area (Å²) in [4.78, 5) is 0. The predicted molar refractivity (Wildman–Crippen MR) is 159 cm³/mol. The van der Waals surface area contributed by atoms with Gasteiger partial charge in [-0.05, 0) is 36.4 Å². The minimum atomic E-state index is -0.531. The van der Waals surface area contributed by atoms with Crippen LogP contribution >= 0.6 is 0 Å². The average Bonchev–Trinajstić information content (AvgIpc) is 3.28. The van der Waals surface area contributed by atoms with Crippen molar-refractivity contribution in [3.63, 3.8) is 0 Å². The fourth-order valence-electron chi connectivity index (χ4n) is 5.70. The number of aryl methyl sites for hydroxylation is 2. The van der Waals surface area contributed by atoms with Crippen LogP contribution < -0.4 is 5.32 Å². The van der Waals surface area contributed by atoms with Gasteiger partial charge >= 0.3 is 0 Å². The van der Waals surface area contributed by atoms with Crippen molar-refractivity contribution in [1.29, 1.82) is 0 Å². The molecule has 0 fully saturated rings. The lowest BCUT2D eigenvalue weighted by Crippen LogP contribution is -2.81. The van der Waals surface area contributed by atoms with E-state index in [4.69, 9.17) is 0 Å². The van der Waals surface area contributed by atoms with Crippen molar-refractivity contribution < 1.29 is 10.4 Å². The van der Waals surface area contributed by atoms with E-state index in [1.807, 2.05) is 0 Å². The standard InChI is InChI=1S/C35H32N2O/c1-24-17-20-32(25(2)21-24)36-22-29(38)23-37-34(28-14-7-4-8-15-28)33(27-12-5-3-6-13-27)31-19-18-26-11-9-10-16-30(26)35(31)37/h3-21,29,36,38H,22-23H2,1-2H3/p+1. The van der Waals surface area contributed by atoms with Gasteiger partial charge in [-0.1, -0.05) is 115 Å². The molecule has 0 saturated heterocycles. The van der Waals surface area contributed by atoms with Crippen LogP contribution in [0.2, 0.25) is 0 Å². The lowest BCUT2D eigenvalue weighted by Gasteiger charge is -2.17. The van der Waals surface area contributed by atoms with Crippen LogP contribution in [0, 0.1) is 13.8 Å². The minimum absolute atomic E-state index is 0.503. The Labute approximate surface area is 224 Å². The summed E-state index contributed by atoms with van der Waals surface area (Å²) in [5.41, 5.74) is 9.55. The van der Waals surface area contributed by atoms with E-state index in [0.717, 1.165) is 11.3 Å². The topological polar surface area (TPSA) is 41.8 Å². The Balaban J connectivity index is 1.53. The lowest BCUT2D eigenvalue weighted by molar-refractivity contribution is -0.580. The van der Waals surface area contributed by atoms with Crippen molar-refractivity contribution in [3.8, 4) is 22.4 Å². The normalized spacial score (nSPS) is 12.3. The van der Waals surface area contributed by atoms with Gasteiger partial charge in [0, 0.05) is 21.9 Å². The maximum atomic E-state index is 11.4. The number of aliphatic hydroxyl groups is 1. The molecule has 0 bridgehead atoms. The molecule has 1 heterocycles. The Morgan fingerprint density at radius 1 is 0.711 bits per heavy atom. The minimum Gasteiger partial charge on any atom is -0.385 e. The molecule has 3 heteroatoms. The molecular formula is C35H33N2O+. The summed E-state index contributed by atoms with van der Waals surface area (Å²) < 4.78 is 2.36. The molecule has 0 aliphatic rings. The third-order valence-corrected chi connectivity index (χ3v) is 7.48. The van der Waals surface area contributed by atoms with Gasteiger partial charge in [-0.3, -0.25) is 0 Å². The van der Waals surface area contributed by atoms with E-state index in [1.54, 1.807) is 0 Å². The van der Waals surface area contributed by atoms with Crippen LogP contribution in [-0.4, -0.2) is 22.3 Å². The van der Waals surface area contributed by atoms with Gasteiger partial charge in [-0.2, -0.15) is 0 Å². The highest BCUT2D eigenvalue weighted by Gasteiger charge is 2.23. The van der Waals surface area contributed by atoms with Crippen LogP contribution in [0.5, 0.6) is 0 Å². The first kappa shape index (κ1) is 24.2. The Kier molecular flexibility index (Phi) is 6.55. The van der Waals surface area contributed by atoms with Crippen molar-refractivity contribution in [2.45, 2.75) is 26.5 Å². The summed E-state index contributed by atoms with van der Waals surface area (Å²) in [6.45, 7) is 5.34. The number of nitrogens with two attached hydrogens (primary N) is 1. The Morgan fingerprint density at radius 3 is 2.13 bits per heavy atom. The molecule has 1 unspecified atom stereocenters. The summed E-state index contributed by atoms with van der Waals surface area (Å²) in [7, 11) is 0. The number of benzene rings is 5. The van der Waals surface area contributed by atoms with Crippen LogP contribution in [0.4, 0.5) is 5.69 Å². The van der Waals surface area contributed by atoms with Crippen molar-refractivity contribution in [3.05, 3.63) is 126 Å². The summed E-state index contributed by atoms with van der Waals surface area (Å²) in [5, 5.41) is 17.2. The molecule has 0 aliphatic carbocycles. The number of quaternary nitrogens is 1. The maximum Gasteiger partial charge on any atom is 0.132 e. The van der Waals surface area contributed by atoms with Crippen molar-refractivity contribution >= 4 is 27.4 Å². The largest absolute Gasteiger partial charge is 0.385 e. The summed E-state index contributed by atoms with van der Waals surface area (Å²) >= 11 is 0. The molecule has 1 aromatic heterocycles. The number of rotatable bonds is 7. The number of hydrogen-bond acceptors (Lipinski definition) is 1. The quantitative estimate of drug-likeness (QED) is 0.229. The third kappa shape index (κ3) is 4.51. The monoisotopic (exact) mass is 497 g/mol. The molecule has 0 saturated carbocycles. The molecule has 0 spiro atoms. The van der Waals surface area contributed by atoms with E-state index in [0.29, 0.717) is 13.1 Å². The zero-order valence-corrected chi connectivity index (χ0v) is 21.9. The van der Waals surface area contributed by atoms with Gasteiger partial charge in [0.2, 0.25) is 0 Å². The Bertz CT molecular complexity index is 1720. The molecule has 3 nitrogen and oxygen atoms in total. The van der Waals surface area contributed by atoms with E-state index in [-0.39, 0.29) is 0 Å². The number of hydrogen-bond donors (Lipinski definition) is 2. The highest BCUT2D eigenvalue weighted by Crippen LogP contribution is 2.43. The summed E-state index contributed by atoms with van der Waals surface area (Å²) in [6.07, 6.45) is -0.531. The van der Waals surface area contributed by atoms with Crippen LogP contribution in [0.15, 0.2) is 115 Å². The van der Waals surface area contributed by atoms with Gasteiger partial charge in [0.15, 0.2) is 0 Å². The molecule has 5 aromatic carbocycles. The first-order valence-electron chi connectivity index (χ1n) is 13.3. The smallest absolute Gasteiger partial charge is 0.132 e. The van der Waals surface area contributed by atoms with Crippen molar-refractivity contribution in [1.82, 2.24) is 4.57 Å². The second kappa shape index (κ2) is 10.3. The van der Waals surface area contributed by atoms with Crippen LogP contribution in [0.25, 0.3) is 44.1 Å². The fourth-order valence-corrected chi connectivity index (χ4v) is 5.70. The molecule has 6 rings (SSSR count). The molecule has 6 aromatic rings.